The molecule has 3 rings (SSSR count). The summed E-state index contributed by atoms with van der Waals surface area (Å²) in [6.45, 7) is 8.97. The molecule has 1 aromatic rings. The van der Waals surface area contributed by atoms with Crippen molar-refractivity contribution < 1.29 is 9.59 Å². The van der Waals surface area contributed by atoms with Crippen LogP contribution in [0.15, 0.2) is 12.1 Å². The topological polar surface area (TPSA) is 34.1 Å². The Morgan fingerprint density at radius 1 is 0.895 bits per heavy atom. The maximum atomic E-state index is 11.9. The zero-order valence-corrected chi connectivity index (χ0v) is 12.1. The number of Topliss-reactive ketones (excluding diaryl/α,β-unsaturated/α-hetero) is 2. The van der Waals surface area contributed by atoms with Gasteiger partial charge in [-0.25, -0.2) is 0 Å². The van der Waals surface area contributed by atoms with Crippen LogP contribution in [0.3, 0.4) is 0 Å². The third-order valence-electron chi connectivity index (χ3n) is 4.93. The summed E-state index contributed by atoms with van der Waals surface area (Å²) in [5.41, 5.74) is 4.38. The van der Waals surface area contributed by atoms with E-state index in [2.05, 4.69) is 33.8 Å². The summed E-state index contributed by atoms with van der Waals surface area (Å²) in [6, 6.07) is 4.12. The highest BCUT2D eigenvalue weighted by atomic mass is 16.2. The molecule has 2 aliphatic carbocycles. The first-order valence-corrected chi connectivity index (χ1v) is 6.98. The molecule has 0 saturated heterocycles. The summed E-state index contributed by atoms with van der Waals surface area (Å²) in [5.74, 6) is -0.551. The minimum Gasteiger partial charge on any atom is -0.290 e. The Morgan fingerprint density at radius 2 is 1.42 bits per heavy atom. The number of ketones is 2. The lowest BCUT2D eigenvalue weighted by Crippen LogP contribution is -2.34. The van der Waals surface area contributed by atoms with Crippen LogP contribution in [0.2, 0.25) is 0 Å². The van der Waals surface area contributed by atoms with Crippen LogP contribution in [-0.2, 0) is 22.0 Å². The van der Waals surface area contributed by atoms with Gasteiger partial charge in [-0.05, 0) is 46.4 Å². The second-order valence-corrected chi connectivity index (χ2v) is 7.25. The average molecular weight is 256 g/mol. The van der Waals surface area contributed by atoms with E-state index in [0.29, 0.717) is 5.56 Å². The molecule has 0 saturated carbocycles. The molecule has 19 heavy (non-hydrogen) atoms. The molecular weight excluding hydrogens is 236 g/mol. The number of rotatable bonds is 0. The third kappa shape index (κ3) is 1.69. The molecule has 2 heteroatoms. The SMILES string of the molecule is CC1(C)CCC(C)(C)c2cc3c(cc21)CC(=O)C3=O. The molecule has 0 bridgehead atoms. The molecule has 0 amide bonds. The van der Waals surface area contributed by atoms with Crippen LogP contribution in [0.5, 0.6) is 0 Å². The van der Waals surface area contributed by atoms with Crippen LogP contribution in [0.1, 0.15) is 67.6 Å². The van der Waals surface area contributed by atoms with Gasteiger partial charge in [0.05, 0.1) is 0 Å². The summed E-state index contributed by atoms with van der Waals surface area (Å²) in [4.78, 5) is 23.5. The van der Waals surface area contributed by atoms with Crippen molar-refractivity contribution >= 4 is 11.6 Å². The monoisotopic (exact) mass is 256 g/mol. The average Bonchev–Trinajstić information content (AvgIpc) is 2.60. The molecule has 0 unspecified atom stereocenters. The molecule has 0 aliphatic heterocycles. The smallest absolute Gasteiger partial charge is 0.229 e. The van der Waals surface area contributed by atoms with Gasteiger partial charge in [-0.1, -0.05) is 33.8 Å². The van der Waals surface area contributed by atoms with Crippen molar-refractivity contribution in [1.29, 1.82) is 0 Å². The molecule has 0 heterocycles. The van der Waals surface area contributed by atoms with E-state index in [9.17, 15) is 9.59 Å². The van der Waals surface area contributed by atoms with Gasteiger partial charge < -0.3 is 0 Å². The summed E-state index contributed by atoms with van der Waals surface area (Å²) in [5, 5.41) is 0. The fraction of sp³-hybridized carbons (Fsp3) is 0.529. The Morgan fingerprint density at radius 3 is 2.00 bits per heavy atom. The Balaban J connectivity index is 2.28. The number of carbonyl (C=O) groups is 2. The van der Waals surface area contributed by atoms with Gasteiger partial charge in [0.1, 0.15) is 0 Å². The van der Waals surface area contributed by atoms with Crippen LogP contribution in [0, 0.1) is 0 Å². The molecule has 2 nitrogen and oxygen atoms in total. The van der Waals surface area contributed by atoms with Gasteiger partial charge in [0.2, 0.25) is 11.6 Å². The van der Waals surface area contributed by atoms with E-state index in [0.717, 1.165) is 18.4 Å². The molecule has 0 aromatic heterocycles. The second kappa shape index (κ2) is 3.56. The molecule has 1 aromatic carbocycles. The molecule has 0 spiro atoms. The van der Waals surface area contributed by atoms with Gasteiger partial charge in [-0.3, -0.25) is 9.59 Å². The van der Waals surface area contributed by atoms with Crippen LogP contribution < -0.4 is 0 Å². The number of hydrogen-bond acceptors (Lipinski definition) is 2. The van der Waals surface area contributed by atoms with E-state index in [-0.39, 0.29) is 28.8 Å². The zero-order valence-electron chi connectivity index (χ0n) is 12.1. The quantitative estimate of drug-likeness (QED) is 0.667. The van der Waals surface area contributed by atoms with Crippen LogP contribution >= 0.6 is 0 Å². The maximum Gasteiger partial charge on any atom is 0.229 e. The zero-order chi connectivity index (χ0) is 14.0. The fourth-order valence-electron chi connectivity index (χ4n) is 3.42. The predicted molar refractivity (Wildman–Crippen MR) is 74.8 cm³/mol. The van der Waals surface area contributed by atoms with Gasteiger partial charge >= 0.3 is 0 Å². The molecule has 100 valence electrons. The van der Waals surface area contributed by atoms with Crippen molar-refractivity contribution in [2.45, 2.75) is 57.8 Å². The highest BCUT2D eigenvalue weighted by Gasteiger charge is 2.40. The number of benzene rings is 1. The maximum absolute atomic E-state index is 11.9. The normalized spacial score (nSPS) is 23.2. The van der Waals surface area contributed by atoms with Gasteiger partial charge in [0.25, 0.3) is 0 Å². The second-order valence-electron chi connectivity index (χ2n) is 7.25. The lowest BCUT2D eigenvalue weighted by atomic mass is 9.62. The van der Waals surface area contributed by atoms with E-state index < -0.39 is 0 Å². The Labute approximate surface area is 114 Å². The molecule has 0 fully saturated rings. The van der Waals surface area contributed by atoms with Gasteiger partial charge in [0.15, 0.2) is 0 Å². The van der Waals surface area contributed by atoms with E-state index in [4.69, 9.17) is 0 Å². The summed E-state index contributed by atoms with van der Waals surface area (Å²) in [7, 11) is 0. The van der Waals surface area contributed by atoms with Crippen LogP contribution in [0.25, 0.3) is 0 Å². The van der Waals surface area contributed by atoms with Crippen molar-refractivity contribution in [3.63, 3.8) is 0 Å². The summed E-state index contributed by atoms with van der Waals surface area (Å²) < 4.78 is 0. The molecule has 0 N–H and O–H groups in total. The van der Waals surface area contributed by atoms with Gasteiger partial charge in [0, 0.05) is 12.0 Å². The van der Waals surface area contributed by atoms with E-state index in [1.807, 2.05) is 6.07 Å². The van der Waals surface area contributed by atoms with Crippen LogP contribution in [-0.4, -0.2) is 11.6 Å². The first-order valence-electron chi connectivity index (χ1n) is 6.98. The minimum absolute atomic E-state index is 0.0891. The Hall–Kier alpha value is -1.44. The minimum atomic E-state index is -0.294. The first-order chi connectivity index (χ1) is 8.72. The number of carbonyl (C=O) groups excluding carboxylic acids is 2. The summed E-state index contributed by atoms with van der Waals surface area (Å²) >= 11 is 0. The lowest BCUT2D eigenvalue weighted by molar-refractivity contribution is -0.114. The highest BCUT2D eigenvalue weighted by molar-refractivity contribution is 6.47. The van der Waals surface area contributed by atoms with Crippen molar-refractivity contribution in [3.05, 3.63) is 34.4 Å². The van der Waals surface area contributed by atoms with Crippen molar-refractivity contribution in [3.8, 4) is 0 Å². The van der Waals surface area contributed by atoms with Crippen LogP contribution in [0.4, 0.5) is 0 Å². The standard InChI is InChI=1S/C17H20O2/c1-16(2)5-6-17(3,4)13-9-11-10(7-12(13)16)8-14(18)15(11)19/h7,9H,5-6,8H2,1-4H3. The molecule has 0 atom stereocenters. The van der Waals surface area contributed by atoms with Crippen molar-refractivity contribution in [2.75, 3.05) is 0 Å². The van der Waals surface area contributed by atoms with Crippen molar-refractivity contribution in [2.24, 2.45) is 0 Å². The first kappa shape index (κ1) is 12.6. The fourth-order valence-corrected chi connectivity index (χ4v) is 3.42. The number of hydrogen-bond donors (Lipinski definition) is 0. The van der Waals surface area contributed by atoms with E-state index >= 15 is 0 Å². The summed E-state index contributed by atoms with van der Waals surface area (Å²) in [6.07, 6.45) is 2.56. The predicted octanol–water partition coefficient (Wildman–Crippen LogP) is 3.34. The highest BCUT2D eigenvalue weighted by Crippen LogP contribution is 2.47. The molecule has 0 radical (unpaired) electrons. The van der Waals surface area contributed by atoms with Gasteiger partial charge in [-0.15, -0.1) is 0 Å². The van der Waals surface area contributed by atoms with Crippen molar-refractivity contribution in [1.82, 2.24) is 0 Å². The lowest BCUT2D eigenvalue weighted by Gasteiger charge is -2.42. The number of fused-ring (bicyclic) bond motifs is 2. The Kier molecular flexibility index (Phi) is 2.36. The largest absolute Gasteiger partial charge is 0.290 e. The molecule has 2 aliphatic rings. The third-order valence-corrected chi connectivity index (χ3v) is 4.93. The van der Waals surface area contributed by atoms with E-state index in [1.165, 1.54) is 11.1 Å². The molecular formula is C17H20O2. The Bertz CT molecular complexity index is 606. The van der Waals surface area contributed by atoms with E-state index in [1.54, 1.807) is 0 Å². The van der Waals surface area contributed by atoms with Gasteiger partial charge in [-0.2, -0.15) is 0 Å².